The minimum atomic E-state index is -0.00355. The summed E-state index contributed by atoms with van der Waals surface area (Å²) in [6.07, 6.45) is 0.850. The Kier molecular flexibility index (Phi) is 7.58. The van der Waals surface area contributed by atoms with Crippen molar-refractivity contribution in [3.8, 4) is 22.9 Å². The Morgan fingerprint density at radius 1 is 1.12 bits per heavy atom. The van der Waals surface area contributed by atoms with E-state index in [0.717, 1.165) is 28.9 Å². The molecule has 0 aliphatic carbocycles. The largest absolute Gasteiger partial charge is 0.496 e. The monoisotopic (exact) mass is 454 g/mol. The van der Waals surface area contributed by atoms with Gasteiger partial charge in [-0.05, 0) is 47.4 Å². The topological polar surface area (TPSA) is 91.4 Å². The van der Waals surface area contributed by atoms with Crippen LogP contribution in [0.5, 0.6) is 5.75 Å². The lowest BCUT2D eigenvalue weighted by Gasteiger charge is -2.39. The van der Waals surface area contributed by atoms with Gasteiger partial charge in [-0.1, -0.05) is 48.5 Å². The van der Waals surface area contributed by atoms with Gasteiger partial charge < -0.3 is 20.7 Å². The van der Waals surface area contributed by atoms with Gasteiger partial charge >= 0.3 is 0 Å². The molecule has 1 aliphatic heterocycles. The molecule has 3 N–H and O–H groups in total. The molecule has 0 radical (unpaired) electrons. The molecule has 3 aromatic rings. The van der Waals surface area contributed by atoms with Gasteiger partial charge in [-0.25, -0.2) is 0 Å². The van der Waals surface area contributed by atoms with Crippen molar-refractivity contribution in [2.24, 2.45) is 5.73 Å². The summed E-state index contributed by atoms with van der Waals surface area (Å²) in [4.78, 5) is 14.1. The SMILES string of the molecule is COc1ccc(-c2ccc(C#N)cc2)cc1CN[C@H]1CCN(C(=O)CN)C[C@H]1c1ccccc1. The number of rotatable bonds is 7. The number of hydrogen-bond donors (Lipinski definition) is 2. The van der Waals surface area contributed by atoms with E-state index in [2.05, 4.69) is 29.6 Å². The number of nitrogens with zero attached hydrogens (tertiary/aromatic N) is 2. The second-order valence-corrected chi connectivity index (χ2v) is 8.55. The summed E-state index contributed by atoms with van der Waals surface area (Å²) in [6, 6.07) is 26.5. The van der Waals surface area contributed by atoms with E-state index in [-0.39, 0.29) is 24.4 Å². The van der Waals surface area contributed by atoms with E-state index in [1.54, 1.807) is 7.11 Å². The van der Waals surface area contributed by atoms with E-state index < -0.39 is 0 Å². The highest BCUT2D eigenvalue weighted by Gasteiger charge is 2.32. The number of amides is 1. The highest BCUT2D eigenvalue weighted by molar-refractivity contribution is 5.78. The molecule has 4 rings (SSSR count). The van der Waals surface area contributed by atoms with Crippen molar-refractivity contribution in [3.05, 3.63) is 89.5 Å². The second-order valence-electron chi connectivity index (χ2n) is 8.55. The number of nitrogens with two attached hydrogens (primary N) is 1. The first kappa shape index (κ1) is 23.5. The molecule has 0 bridgehead atoms. The van der Waals surface area contributed by atoms with Crippen LogP contribution in [0.4, 0.5) is 0 Å². The van der Waals surface area contributed by atoms with E-state index in [1.807, 2.05) is 59.5 Å². The Morgan fingerprint density at radius 3 is 2.53 bits per heavy atom. The molecule has 1 fully saturated rings. The lowest BCUT2D eigenvalue weighted by Crippen LogP contribution is -2.51. The molecule has 0 unspecified atom stereocenters. The van der Waals surface area contributed by atoms with E-state index in [0.29, 0.717) is 25.2 Å². The van der Waals surface area contributed by atoms with Crippen LogP contribution in [0.1, 0.15) is 29.0 Å². The number of nitriles is 1. The number of carbonyl (C=O) groups excluding carboxylic acids is 1. The van der Waals surface area contributed by atoms with Gasteiger partial charge in [0.2, 0.25) is 5.91 Å². The van der Waals surface area contributed by atoms with Crippen molar-refractivity contribution in [3.63, 3.8) is 0 Å². The molecular formula is C28H30N4O2. The van der Waals surface area contributed by atoms with Gasteiger partial charge in [0.05, 0.1) is 25.3 Å². The van der Waals surface area contributed by atoms with Crippen LogP contribution in [0.15, 0.2) is 72.8 Å². The number of methoxy groups -OCH3 is 1. The van der Waals surface area contributed by atoms with Crippen LogP contribution in [0.3, 0.4) is 0 Å². The average Bonchev–Trinajstić information content (AvgIpc) is 2.91. The number of carbonyl (C=O) groups is 1. The Morgan fingerprint density at radius 2 is 1.85 bits per heavy atom. The number of piperidine rings is 1. The molecule has 2 atom stereocenters. The molecule has 6 nitrogen and oxygen atoms in total. The molecule has 1 amide bonds. The van der Waals surface area contributed by atoms with Crippen LogP contribution in [-0.4, -0.2) is 43.6 Å². The lowest BCUT2D eigenvalue weighted by atomic mass is 9.85. The zero-order chi connectivity index (χ0) is 23.9. The van der Waals surface area contributed by atoms with Gasteiger partial charge in [0.1, 0.15) is 5.75 Å². The number of ether oxygens (including phenoxy) is 1. The van der Waals surface area contributed by atoms with Gasteiger partial charge in [0, 0.05) is 37.2 Å². The van der Waals surface area contributed by atoms with Crippen LogP contribution in [0.2, 0.25) is 0 Å². The molecule has 0 aromatic heterocycles. The average molecular weight is 455 g/mol. The Bertz CT molecular complexity index is 1160. The third-order valence-electron chi connectivity index (χ3n) is 6.55. The minimum Gasteiger partial charge on any atom is -0.496 e. The highest BCUT2D eigenvalue weighted by Crippen LogP contribution is 2.30. The maximum Gasteiger partial charge on any atom is 0.236 e. The molecule has 6 heteroatoms. The van der Waals surface area contributed by atoms with Crippen LogP contribution in [0, 0.1) is 11.3 Å². The molecule has 1 heterocycles. The fraction of sp³-hybridized carbons (Fsp3) is 0.286. The van der Waals surface area contributed by atoms with Crippen molar-refractivity contribution in [1.82, 2.24) is 10.2 Å². The van der Waals surface area contributed by atoms with E-state index in [4.69, 9.17) is 15.7 Å². The molecule has 34 heavy (non-hydrogen) atoms. The number of nitrogens with one attached hydrogen (secondary N) is 1. The van der Waals surface area contributed by atoms with Gasteiger partial charge in [0.25, 0.3) is 0 Å². The summed E-state index contributed by atoms with van der Waals surface area (Å²) < 4.78 is 5.64. The minimum absolute atomic E-state index is 0.00355. The van der Waals surface area contributed by atoms with Crippen molar-refractivity contribution < 1.29 is 9.53 Å². The van der Waals surface area contributed by atoms with Crippen LogP contribution < -0.4 is 15.8 Å². The normalized spacial score (nSPS) is 17.7. The van der Waals surface area contributed by atoms with E-state index in [9.17, 15) is 4.79 Å². The van der Waals surface area contributed by atoms with Crippen molar-refractivity contribution in [1.29, 1.82) is 5.26 Å². The third-order valence-corrected chi connectivity index (χ3v) is 6.55. The van der Waals surface area contributed by atoms with Crippen molar-refractivity contribution >= 4 is 5.91 Å². The second kappa shape index (κ2) is 11.0. The van der Waals surface area contributed by atoms with Gasteiger partial charge in [-0.15, -0.1) is 0 Å². The van der Waals surface area contributed by atoms with Crippen molar-refractivity contribution in [2.75, 3.05) is 26.7 Å². The van der Waals surface area contributed by atoms with E-state index in [1.165, 1.54) is 5.56 Å². The molecule has 1 aliphatic rings. The standard InChI is InChI=1S/C28H30N4O2/c1-34-27-12-11-23(21-9-7-20(16-29)8-10-21)15-24(27)18-31-26-13-14-32(28(33)17-30)19-25(26)22-5-3-2-4-6-22/h2-12,15,25-26,31H,13-14,17-19,30H2,1H3/t25-,26-/m0/s1. The Balaban J connectivity index is 1.54. The molecule has 174 valence electrons. The maximum atomic E-state index is 12.3. The third kappa shape index (κ3) is 5.28. The number of benzene rings is 3. The van der Waals surface area contributed by atoms with E-state index >= 15 is 0 Å². The maximum absolute atomic E-state index is 12.3. The molecule has 1 saturated heterocycles. The van der Waals surface area contributed by atoms with Crippen LogP contribution >= 0.6 is 0 Å². The summed E-state index contributed by atoms with van der Waals surface area (Å²) in [6.45, 7) is 2.03. The Labute approximate surface area is 201 Å². The fourth-order valence-electron chi connectivity index (χ4n) is 4.66. The highest BCUT2D eigenvalue weighted by atomic mass is 16.5. The molecular weight excluding hydrogens is 424 g/mol. The predicted octanol–water partition coefficient (Wildman–Crippen LogP) is 3.67. The first-order chi connectivity index (χ1) is 16.6. The molecule has 3 aromatic carbocycles. The number of likely N-dealkylation sites (tertiary alicyclic amines) is 1. The Hall–Kier alpha value is -3.66. The summed E-state index contributed by atoms with van der Waals surface area (Å²) in [7, 11) is 1.68. The summed E-state index contributed by atoms with van der Waals surface area (Å²) >= 11 is 0. The smallest absolute Gasteiger partial charge is 0.236 e. The van der Waals surface area contributed by atoms with Crippen LogP contribution in [0.25, 0.3) is 11.1 Å². The summed E-state index contributed by atoms with van der Waals surface area (Å²) in [5.41, 5.74) is 10.7. The first-order valence-electron chi connectivity index (χ1n) is 11.6. The van der Waals surface area contributed by atoms with Crippen LogP contribution in [-0.2, 0) is 11.3 Å². The van der Waals surface area contributed by atoms with Gasteiger partial charge in [-0.3, -0.25) is 4.79 Å². The lowest BCUT2D eigenvalue weighted by molar-refractivity contribution is -0.131. The first-order valence-corrected chi connectivity index (χ1v) is 11.6. The zero-order valence-corrected chi connectivity index (χ0v) is 19.4. The number of hydrogen-bond acceptors (Lipinski definition) is 5. The predicted molar refractivity (Wildman–Crippen MR) is 133 cm³/mol. The molecule has 0 saturated carbocycles. The van der Waals surface area contributed by atoms with Gasteiger partial charge in [0.15, 0.2) is 0 Å². The zero-order valence-electron chi connectivity index (χ0n) is 19.4. The summed E-state index contributed by atoms with van der Waals surface area (Å²) in [5.74, 6) is 1.01. The fourth-order valence-corrected chi connectivity index (χ4v) is 4.66. The molecule has 0 spiro atoms. The summed E-state index contributed by atoms with van der Waals surface area (Å²) in [5, 5.41) is 12.8. The van der Waals surface area contributed by atoms with Crippen molar-refractivity contribution in [2.45, 2.75) is 24.9 Å². The quantitative estimate of drug-likeness (QED) is 0.568. The van der Waals surface area contributed by atoms with Gasteiger partial charge in [-0.2, -0.15) is 5.26 Å².